The second-order valence-electron chi connectivity index (χ2n) is 6.51. The van der Waals surface area contributed by atoms with Gasteiger partial charge in [0.15, 0.2) is 5.78 Å². The minimum atomic E-state index is -0.0783. The summed E-state index contributed by atoms with van der Waals surface area (Å²) in [5, 5.41) is 8.49. The van der Waals surface area contributed by atoms with Crippen LogP contribution in [0.5, 0.6) is 0 Å². The highest BCUT2D eigenvalue weighted by molar-refractivity contribution is 5.95. The predicted molar refractivity (Wildman–Crippen MR) is 94.3 cm³/mol. The van der Waals surface area contributed by atoms with Crippen molar-refractivity contribution in [2.75, 3.05) is 0 Å². The van der Waals surface area contributed by atoms with E-state index < -0.39 is 0 Å². The quantitative estimate of drug-likeness (QED) is 0.344. The molecule has 0 radical (unpaired) electrons. The van der Waals surface area contributed by atoms with Gasteiger partial charge in [0.1, 0.15) is 0 Å². The number of nitrogens with zero attached hydrogens (tertiary/aromatic N) is 1. The molecule has 0 heterocycles. The molecule has 0 atom stereocenters. The molecule has 22 heavy (non-hydrogen) atoms. The van der Waals surface area contributed by atoms with Gasteiger partial charge in [-0.15, -0.1) is 0 Å². The number of ketones is 1. The second-order valence-corrected chi connectivity index (χ2v) is 6.51. The summed E-state index contributed by atoms with van der Waals surface area (Å²) in [7, 11) is 0. The van der Waals surface area contributed by atoms with Gasteiger partial charge in [-0.2, -0.15) is 5.26 Å². The maximum absolute atomic E-state index is 11.4. The summed E-state index contributed by atoms with van der Waals surface area (Å²) in [6.07, 6.45) is 12.2. The van der Waals surface area contributed by atoms with E-state index in [1.165, 1.54) is 11.1 Å². The lowest BCUT2D eigenvalue weighted by Gasteiger charge is -2.20. The molecule has 0 aromatic carbocycles. The van der Waals surface area contributed by atoms with E-state index in [9.17, 15) is 4.79 Å². The molecular formula is C20H29NO. The molecule has 0 aromatic heterocycles. The Morgan fingerprint density at radius 2 is 1.82 bits per heavy atom. The summed E-state index contributed by atoms with van der Waals surface area (Å²) in [5.74, 6) is -0.0783. The zero-order valence-electron chi connectivity index (χ0n) is 14.9. The van der Waals surface area contributed by atoms with Gasteiger partial charge in [-0.3, -0.25) is 4.79 Å². The zero-order chi connectivity index (χ0) is 17.2. The first-order valence-electron chi connectivity index (χ1n) is 7.81. The topological polar surface area (TPSA) is 40.9 Å². The lowest BCUT2D eigenvalue weighted by Crippen LogP contribution is -2.07. The largest absolute Gasteiger partial charge is 0.293 e. The highest BCUT2D eigenvalue weighted by Crippen LogP contribution is 2.27. The third-order valence-electron chi connectivity index (χ3n) is 3.40. The van der Waals surface area contributed by atoms with Crippen molar-refractivity contribution in [3.05, 3.63) is 47.1 Å². The van der Waals surface area contributed by atoms with Crippen LogP contribution in [0.2, 0.25) is 0 Å². The normalized spacial score (nSPS) is 14.3. The van der Waals surface area contributed by atoms with Crippen molar-refractivity contribution in [3.63, 3.8) is 0 Å². The fourth-order valence-corrected chi connectivity index (χ4v) is 2.02. The minimum absolute atomic E-state index is 0.0288. The van der Waals surface area contributed by atoms with Gasteiger partial charge in [0.05, 0.1) is 12.5 Å². The lowest BCUT2D eigenvalue weighted by atomic mass is 9.85. The van der Waals surface area contributed by atoms with Crippen LogP contribution >= 0.6 is 0 Å². The number of nitriles is 1. The van der Waals surface area contributed by atoms with Gasteiger partial charge < -0.3 is 0 Å². The van der Waals surface area contributed by atoms with Crippen LogP contribution in [-0.2, 0) is 4.79 Å². The summed E-state index contributed by atoms with van der Waals surface area (Å²) in [6.45, 7) is 12.6. The zero-order valence-corrected chi connectivity index (χ0v) is 14.9. The Morgan fingerprint density at radius 1 is 1.18 bits per heavy atom. The van der Waals surface area contributed by atoms with Gasteiger partial charge in [0.25, 0.3) is 0 Å². The van der Waals surface area contributed by atoms with Gasteiger partial charge in [-0.25, -0.2) is 0 Å². The Kier molecular flexibility index (Phi) is 9.10. The molecule has 0 bridgehead atoms. The first-order valence-corrected chi connectivity index (χ1v) is 7.81. The van der Waals surface area contributed by atoms with E-state index in [1.54, 1.807) is 6.92 Å². The Hall–Kier alpha value is -1.88. The molecule has 2 heteroatoms. The van der Waals surface area contributed by atoms with Gasteiger partial charge >= 0.3 is 0 Å². The van der Waals surface area contributed by atoms with Crippen molar-refractivity contribution in [1.82, 2.24) is 0 Å². The Labute approximate surface area is 135 Å². The summed E-state index contributed by atoms with van der Waals surface area (Å²) >= 11 is 0. The van der Waals surface area contributed by atoms with Crippen LogP contribution in [0, 0.1) is 16.7 Å². The molecule has 0 aliphatic rings. The van der Waals surface area contributed by atoms with E-state index in [1.807, 2.05) is 12.1 Å². The molecule has 0 N–H and O–H groups in total. The maximum Gasteiger partial charge on any atom is 0.172 e. The molecule has 0 amide bonds. The number of hydrogen-bond donors (Lipinski definition) is 0. The summed E-state index contributed by atoms with van der Waals surface area (Å²) in [6, 6.07) is 1.88. The highest BCUT2D eigenvalue weighted by Gasteiger charge is 2.13. The number of unbranched alkanes of at least 4 members (excludes halogenated alkanes) is 1. The average molecular weight is 299 g/mol. The summed E-state index contributed by atoms with van der Waals surface area (Å²) in [5.41, 5.74) is 3.40. The van der Waals surface area contributed by atoms with Crippen LogP contribution < -0.4 is 0 Å². The van der Waals surface area contributed by atoms with Crippen LogP contribution in [0.15, 0.2) is 47.1 Å². The molecule has 0 unspecified atom stereocenters. The molecule has 0 rings (SSSR count). The first-order chi connectivity index (χ1) is 10.2. The Morgan fingerprint density at radius 3 is 2.32 bits per heavy atom. The monoisotopic (exact) mass is 299 g/mol. The third kappa shape index (κ3) is 8.42. The SMILES string of the molecule is CC=C(C=C(C)C=CCCC=C(C)C(=O)CC#N)C(C)(C)C. The Bertz CT molecular complexity index is 531. The lowest BCUT2D eigenvalue weighted by molar-refractivity contribution is -0.114. The number of carbonyl (C=O) groups is 1. The first kappa shape index (κ1) is 20.1. The average Bonchev–Trinajstić information content (AvgIpc) is 2.43. The van der Waals surface area contributed by atoms with Crippen LogP contribution in [0.25, 0.3) is 0 Å². The standard InChI is InChI=1S/C20H29NO/c1-7-18(20(4,5)6)15-16(2)11-9-8-10-12-17(3)19(22)13-14-21/h7,9,11-12,15H,8,10,13H2,1-6H3. The number of rotatable bonds is 7. The third-order valence-corrected chi connectivity index (χ3v) is 3.40. The fraction of sp³-hybridized carbons (Fsp3) is 0.500. The van der Waals surface area contributed by atoms with E-state index >= 15 is 0 Å². The van der Waals surface area contributed by atoms with Crippen molar-refractivity contribution < 1.29 is 4.79 Å². The molecule has 2 nitrogen and oxygen atoms in total. The molecule has 0 aliphatic heterocycles. The predicted octanol–water partition coefficient (Wildman–Crippen LogP) is 5.69. The van der Waals surface area contributed by atoms with Crippen molar-refractivity contribution in [3.8, 4) is 6.07 Å². The van der Waals surface area contributed by atoms with Crippen molar-refractivity contribution in [2.45, 2.75) is 60.8 Å². The van der Waals surface area contributed by atoms with Crippen LogP contribution in [-0.4, -0.2) is 5.78 Å². The summed E-state index contributed by atoms with van der Waals surface area (Å²) < 4.78 is 0. The number of carbonyl (C=O) groups excluding carboxylic acids is 1. The van der Waals surface area contributed by atoms with Gasteiger partial charge in [0, 0.05) is 0 Å². The number of Topliss-reactive ketones (excluding diaryl/α,β-unsaturated/α-hetero) is 1. The second kappa shape index (κ2) is 9.95. The molecule has 0 saturated carbocycles. The van der Waals surface area contributed by atoms with Gasteiger partial charge in [-0.05, 0) is 50.2 Å². The molecule has 0 aliphatic carbocycles. The van der Waals surface area contributed by atoms with E-state index in [-0.39, 0.29) is 17.6 Å². The van der Waals surface area contributed by atoms with Crippen LogP contribution in [0.1, 0.15) is 60.8 Å². The molecule has 0 aromatic rings. The fourth-order valence-electron chi connectivity index (χ4n) is 2.02. The van der Waals surface area contributed by atoms with Crippen LogP contribution in [0.4, 0.5) is 0 Å². The van der Waals surface area contributed by atoms with E-state index in [0.29, 0.717) is 5.57 Å². The molecule has 0 spiro atoms. The van der Waals surface area contributed by atoms with E-state index in [0.717, 1.165) is 12.8 Å². The number of hydrogen-bond acceptors (Lipinski definition) is 2. The molecule has 0 fully saturated rings. The smallest absolute Gasteiger partial charge is 0.172 e. The molecule has 0 saturated heterocycles. The van der Waals surface area contributed by atoms with Crippen molar-refractivity contribution in [2.24, 2.45) is 5.41 Å². The summed E-state index contributed by atoms with van der Waals surface area (Å²) in [4.78, 5) is 11.4. The van der Waals surface area contributed by atoms with E-state index in [4.69, 9.17) is 5.26 Å². The molecular weight excluding hydrogens is 270 g/mol. The molecule has 120 valence electrons. The Balaban J connectivity index is 4.49. The highest BCUT2D eigenvalue weighted by atomic mass is 16.1. The minimum Gasteiger partial charge on any atom is -0.293 e. The van der Waals surface area contributed by atoms with Crippen molar-refractivity contribution in [1.29, 1.82) is 5.26 Å². The maximum atomic E-state index is 11.4. The van der Waals surface area contributed by atoms with E-state index in [2.05, 4.69) is 58.9 Å². The van der Waals surface area contributed by atoms with Gasteiger partial charge in [0.2, 0.25) is 0 Å². The van der Waals surface area contributed by atoms with Gasteiger partial charge in [-0.1, -0.05) is 56.7 Å². The van der Waals surface area contributed by atoms with Crippen molar-refractivity contribution >= 4 is 5.78 Å². The number of allylic oxidation sites excluding steroid dienone is 8. The van der Waals surface area contributed by atoms with Crippen LogP contribution in [0.3, 0.4) is 0 Å².